The van der Waals surface area contributed by atoms with Gasteiger partial charge in [0, 0.05) is 5.56 Å². The van der Waals surface area contributed by atoms with E-state index in [2.05, 4.69) is 26.0 Å². The summed E-state index contributed by atoms with van der Waals surface area (Å²) < 4.78 is 24.6. The van der Waals surface area contributed by atoms with E-state index in [-0.39, 0.29) is 0 Å². The Morgan fingerprint density at radius 1 is 0.952 bits per heavy atom. The lowest BCUT2D eigenvalue weighted by atomic mass is 10.2. The summed E-state index contributed by atoms with van der Waals surface area (Å²) in [5.41, 5.74) is 1.25. The van der Waals surface area contributed by atoms with Crippen LogP contribution in [0.4, 0.5) is 0 Å². The molecular weight excluding hydrogens is 285 g/mol. The van der Waals surface area contributed by atoms with Crippen molar-refractivity contribution in [3.8, 4) is 0 Å². The van der Waals surface area contributed by atoms with Crippen molar-refractivity contribution in [2.75, 3.05) is 32.6 Å². The molecule has 0 radical (unpaired) electrons. The number of nitrogens with zero attached hydrogens (tertiary/aromatic N) is 1. The molecule has 0 atom stereocenters. The van der Waals surface area contributed by atoms with Crippen LogP contribution in [-0.2, 0) is 20.2 Å². The fourth-order valence-electron chi connectivity index (χ4n) is 2.55. The lowest BCUT2D eigenvalue weighted by Crippen LogP contribution is -2.47. The zero-order valence-corrected chi connectivity index (χ0v) is 14.6. The minimum absolute atomic E-state index is 0.413. The number of rotatable bonds is 10. The number of hydrogen-bond acceptors (Lipinski definition) is 3. The van der Waals surface area contributed by atoms with Crippen LogP contribution in [-0.4, -0.2) is 37.1 Å². The van der Waals surface area contributed by atoms with Gasteiger partial charge in [-0.1, -0.05) is 30.3 Å². The van der Waals surface area contributed by atoms with Crippen LogP contribution in [0.2, 0.25) is 0 Å². The lowest BCUT2D eigenvalue weighted by Gasteiger charge is -2.38. The lowest BCUT2D eigenvalue weighted by molar-refractivity contribution is -0.928. The van der Waals surface area contributed by atoms with Crippen LogP contribution >= 0.6 is 7.60 Å². The highest BCUT2D eigenvalue weighted by Crippen LogP contribution is 2.50. The van der Waals surface area contributed by atoms with Crippen molar-refractivity contribution in [2.45, 2.75) is 34.2 Å². The van der Waals surface area contributed by atoms with E-state index in [1.165, 1.54) is 5.56 Å². The zero-order valence-electron chi connectivity index (χ0n) is 13.7. The van der Waals surface area contributed by atoms with Crippen LogP contribution < -0.4 is 0 Å². The van der Waals surface area contributed by atoms with E-state index in [1.54, 1.807) is 0 Å². The standard InChI is InChI=1S/C16H29NO3P/c1-5-17(6-2,14-16-12-10-9-11-13-16)15-21(18,19-7-3)20-8-4/h9-13H,5-8,14-15H2,1-4H3/q+1. The zero-order chi connectivity index (χ0) is 15.8. The summed E-state index contributed by atoms with van der Waals surface area (Å²) in [7, 11) is -3.04. The molecule has 4 nitrogen and oxygen atoms in total. The third-order valence-electron chi connectivity index (χ3n) is 3.83. The average Bonchev–Trinajstić information content (AvgIpc) is 2.48. The Morgan fingerprint density at radius 2 is 1.48 bits per heavy atom. The molecule has 1 aromatic rings. The third-order valence-corrected chi connectivity index (χ3v) is 6.08. The summed E-state index contributed by atoms with van der Waals surface area (Å²) >= 11 is 0. The molecule has 1 rings (SSSR count). The second-order valence-corrected chi connectivity index (χ2v) is 7.23. The molecule has 0 aliphatic rings. The van der Waals surface area contributed by atoms with E-state index in [4.69, 9.17) is 9.05 Å². The molecule has 0 fully saturated rings. The molecule has 0 amide bonds. The van der Waals surface area contributed by atoms with E-state index >= 15 is 0 Å². The summed E-state index contributed by atoms with van der Waals surface area (Å²) in [6, 6.07) is 10.3. The van der Waals surface area contributed by atoms with Gasteiger partial charge in [0.25, 0.3) is 0 Å². The highest BCUT2D eigenvalue weighted by molar-refractivity contribution is 7.53. The minimum Gasteiger partial charge on any atom is -0.310 e. The molecule has 0 aliphatic carbocycles. The van der Waals surface area contributed by atoms with E-state index < -0.39 is 7.60 Å². The van der Waals surface area contributed by atoms with Gasteiger partial charge in [-0.15, -0.1) is 0 Å². The molecule has 0 spiro atoms. The van der Waals surface area contributed by atoms with Crippen LogP contribution in [0.3, 0.4) is 0 Å². The van der Waals surface area contributed by atoms with Crippen molar-refractivity contribution in [1.82, 2.24) is 0 Å². The Morgan fingerprint density at radius 3 is 1.90 bits per heavy atom. The predicted octanol–water partition coefficient (Wildman–Crippen LogP) is 4.27. The molecule has 0 N–H and O–H groups in total. The summed E-state index contributed by atoms with van der Waals surface area (Å²) in [5.74, 6) is 0. The minimum atomic E-state index is -3.04. The maximum atomic E-state index is 12.9. The second kappa shape index (κ2) is 8.70. The van der Waals surface area contributed by atoms with Crippen molar-refractivity contribution < 1.29 is 18.1 Å². The van der Waals surface area contributed by atoms with Crippen molar-refractivity contribution >= 4 is 7.60 Å². The van der Waals surface area contributed by atoms with Gasteiger partial charge in [-0.25, -0.2) is 0 Å². The van der Waals surface area contributed by atoms with Crippen molar-refractivity contribution in [1.29, 1.82) is 0 Å². The molecule has 0 bridgehead atoms. The Hall–Kier alpha value is -0.670. The second-order valence-electron chi connectivity index (χ2n) is 5.21. The molecule has 0 unspecified atom stereocenters. The first kappa shape index (κ1) is 18.4. The fourth-order valence-corrected chi connectivity index (χ4v) is 4.81. The summed E-state index contributed by atoms with van der Waals surface area (Å²) in [6.45, 7) is 11.4. The molecule has 0 heterocycles. The SMILES string of the molecule is CCOP(=O)(C[N+](CC)(CC)Cc1ccccc1)OCC. The van der Waals surface area contributed by atoms with Gasteiger partial charge >= 0.3 is 7.60 Å². The van der Waals surface area contributed by atoms with Crippen molar-refractivity contribution in [3.63, 3.8) is 0 Å². The first-order valence-electron chi connectivity index (χ1n) is 7.80. The third kappa shape index (κ3) is 5.55. The van der Waals surface area contributed by atoms with Gasteiger partial charge in [-0.2, -0.15) is 0 Å². The number of hydrogen-bond donors (Lipinski definition) is 0. The summed E-state index contributed by atoms with van der Waals surface area (Å²) in [5, 5.41) is 0. The van der Waals surface area contributed by atoms with Crippen LogP contribution in [0, 0.1) is 0 Å². The van der Waals surface area contributed by atoms with Gasteiger partial charge < -0.3 is 13.5 Å². The van der Waals surface area contributed by atoms with E-state index in [0.29, 0.717) is 24.0 Å². The van der Waals surface area contributed by atoms with Gasteiger partial charge in [-0.3, -0.25) is 4.57 Å². The fraction of sp³-hybridized carbons (Fsp3) is 0.625. The number of quaternary nitrogens is 1. The van der Waals surface area contributed by atoms with Gasteiger partial charge in [0.2, 0.25) is 0 Å². The van der Waals surface area contributed by atoms with Crippen molar-refractivity contribution in [3.05, 3.63) is 35.9 Å². The molecule has 5 heteroatoms. The van der Waals surface area contributed by atoms with Crippen LogP contribution in [0.25, 0.3) is 0 Å². The Bertz CT molecular complexity index is 436. The maximum Gasteiger partial charge on any atom is 0.384 e. The van der Waals surface area contributed by atoms with Gasteiger partial charge in [0.15, 0.2) is 6.29 Å². The Balaban J connectivity index is 2.95. The molecule has 21 heavy (non-hydrogen) atoms. The predicted molar refractivity (Wildman–Crippen MR) is 87.2 cm³/mol. The molecule has 120 valence electrons. The molecular formula is C16H29NO3P+. The topological polar surface area (TPSA) is 35.5 Å². The maximum absolute atomic E-state index is 12.9. The van der Waals surface area contributed by atoms with E-state index in [0.717, 1.165) is 19.6 Å². The smallest absolute Gasteiger partial charge is 0.310 e. The monoisotopic (exact) mass is 314 g/mol. The van der Waals surface area contributed by atoms with E-state index in [9.17, 15) is 4.57 Å². The quantitative estimate of drug-likeness (QED) is 0.478. The van der Waals surface area contributed by atoms with Crippen molar-refractivity contribution in [2.24, 2.45) is 0 Å². The Labute approximate surface area is 129 Å². The largest absolute Gasteiger partial charge is 0.384 e. The molecule has 0 aliphatic heterocycles. The molecule has 0 saturated heterocycles. The highest BCUT2D eigenvalue weighted by atomic mass is 31.2. The van der Waals surface area contributed by atoms with Gasteiger partial charge in [0.1, 0.15) is 6.54 Å². The first-order valence-corrected chi connectivity index (χ1v) is 9.53. The molecule has 1 aromatic carbocycles. The summed E-state index contributed by atoms with van der Waals surface area (Å²) in [4.78, 5) is 0. The highest BCUT2D eigenvalue weighted by Gasteiger charge is 2.37. The average molecular weight is 314 g/mol. The van der Waals surface area contributed by atoms with Crippen LogP contribution in [0.1, 0.15) is 33.3 Å². The normalized spacial score (nSPS) is 12.6. The number of benzene rings is 1. The van der Waals surface area contributed by atoms with Gasteiger partial charge in [0.05, 0.1) is 26.3 Å². The Kier molecular flexibility index (Phi) is 7.61. The van der Waals surface area contributed by atoms with Gasteiger partial charge in [-0.05, 0) is 27.7 Å². The summed E-state index contributed by atoms with van der Waals surface area (Å²) in [6.07, 6.45) is 0.427. The molecule has 0 saturated carbocycles. The first-order chi connectivity index (χ1) is 10.0. The van der Waals surface area contributed by atoms with E-state index in [1.807, 2.05) is 32.0 Å². The van der Waals surface area contributed by atoms with Crippen LogP contribution in [0.5, 0.6) is 0 Å². The van der Waals surface area contributed by atoms with Crippen LogP contribution in [0.15, 0.2) is 30.3 Å². The molecule has 0 aromatic heterocycles.